The molecule has 1 fully saturated rings. The highest BCUT2D eigenvalue weighted by Crippen LogP contribution is 2.50. The van der Waals surface area contributed by atoms with Crippen LogP contribution in [0.5, 0.6) is 11.5 Å². The first-order valence-corrected chi connectivity index (χ1v) is 8.05. The van der Waals surface area contributed by atoms with E-state index in [4.69, 9.17) is 16.3 Å². The fourth-order valence-electron chi connectivity index (χ4n) is 2.78. The van der Waals surface area contributed by atoms with Crippen molar-refractivity contribution in [2.75, 3.05) is 12.4 Å². The van der Waals surface area contributed by atoms with Gasteiger partial charge in [-0.2, -0.15) is 8.78 Å². The minimum atomic E-state index is -2.98. The van der Waals surface area contributed by atoms with Crippen LogP contribution in [0, 0.1) is 5.92 Å². The minimum Gasteiger partial charge on any atom is -0.493 e. The van der Waals surface area contributed by atoms with Gasteiger partial charge in [0, 0.05) is 22.7 Å². The molecule has 0 heterocycles. The fraction of sp³-hybridized carbons (Fsp3) is 0.278. The number of methoxy groups -OCH3 is 1. The monoisotopic (exact) mass is 367 g/mol. The molecule has 0 saturated heterocycles. The van der Waals surface area contributed by atoms with Crippen LogP contribution < -0.4 is 14.8 Å². The van der Waals surface area contributed by atoms with Gasteiger partial charge in [0.15, 0.2) is 11.5 Å². The third-order valence-electron chi connectivity index (χ3n) is 4.08. The van der Waals surface area contributed by atoms with Gasteiger partial charge in [0.2, 0.25) is 5.91 Å². The van der Waals surface area contributed by atoms with E-state index in [2.05, 4.69) is 10.1 Å². The van der Waals surface area contributed by atoms with Gasteiger partial charge in [-0.15, -0.1) is 0 Å². The lowest BCUT2D eigenvalue weighted by molar-refractivity contribution is -0.117. The zero-order valence-electron chi connectivity index (χ0n) is 13.3. The molecule has 132 valence electrons. The number of hydrogen-bond donors (Lipinski definition) is 1. The van der Waals surface area contributed by atoms with Gasteiger partial charge in [-0.05, 0) is 36.1 Å². The van der Waals surface area contributed by atoms with E-state index in [0.717, 1.165) is 5.56 Å². The Hall–Kier alpha value is -2.34. The van der Waals surface area contributed by atoms with E-state index in [0.29, 0.717) is 17.1 Å². The van der Waals surface area contributed by atoms with Crippen LogP contribution >= 0.6 is 11.6 Å². The molecular weight excluding hydrogens is 352 g/mol. The summed E-state index contributed by atoms with van der Waals surface area (Å²) in [5.74, 6) is -0.268. The number of anilines is 1. The summed E-state index contributed by atoms with van der Waals surface area (Å²) in [6.45, 7) is -2.98. The van der Waals surface area contributed by atoms with Crippen molar-refractivity contribution in [3.8, 4) is 11.5 Å². The summed E-state index contributed by atoms with van der Waals surface area (Å²) in [7, 11) is 1.35. The second-order valence-corrected chi connectivity index (χ2v) is 6.11. The molecule has 0 aromatic heterocycles. The molecule has 2 aromatic rings. The lowest BCUT2D eigenvalue weighted by atomic mass is 10.1. The number of benzene rings is 2. The van der Waals surface area contributed by atoms with E-state index in [1.54, 1.807) is 12.1 Å². The van der Waals surface area contributed by atoms with Crippen LogP contribution in [-0.4, -0.2) is 19.6 Å². The van der Waals surface area contributed by atoms with E-state index >= 15 is 0 Å². The van der Waals surface area contributed by atoms with E-state index < -0.39 is 6.61 Å². The Labute approximate surface area is 148 Å². The Morgan fingerprint density at radius 2 is 2.00 bits per heavy atom. The maximum absolute atomic E-state index is 12.5. The number of hydrogen-bond acceptors (Lipinski definition) is 3. The van der Waals surface area contributed by atoms with Crippen molar-refractivity contribution >= 4 is 23.2 Å². The van der Waals surface area contributed by atoms with Crippen LogP contribution in [0.4, 0.5) is 14.5 Å². The SMILES string of the molecule is COc1ccc(NC(=O)C2CC2c2ccccc2Cl)cc1OC(F)F. The first-order valence-electron chi connectivity index (χ1n) is 7.67. The first-order chi connectivity index (χ1) is 12.0. The highest BCUT2D eigenvalue weighted by Gasteiger charge is 2.44. The van der Waals surface area contributed by atoms with Gasteiger partial charge in [0.25, 0.3) is 0 Å². The molecule has 0 bridgehead atoms. The summed E-state index contributed by atoms with van der Waals surface area (Å²) in [6.07, 6.45) is 0.701. The standard InChI is InChI=1S/C18H16ClF2NO3/c1-24-15-7-6-10(8-16(15)25-18(20)21)22-17(23)13-9-12(13)11-4-2-3-5-14(11)19/h2-8,12-13,18H,9H2,1H3,(H,22,23). The number of carbonyl (C=O) groups is 1. The third kappa shape index (κ3) is 4.02. The average molecular weight is 368 g/mol. The van der Waals surface area contributed by atoms with Gasteiger partial charge in [-0.25, -0.2) is 0 Å². The normalized spacial score (nSPS) is 18.8. The van der Waals surface area contributed by atoms with Gasteiger partial charge in [0.1, 0.15) is 0 Å². The van der Waals surface area contributed by atoms with E-state index in [9.17, 15) is 13.6 Å². The molecule has 0 aliphatic heterocycles. The van der Waals surface area contributed by atoms with Gasteiger partial charge in [-0.3, -0.25) is 4.79 Å². The maximum Gasteiger partial charge on any atom is 0.387 e. The van der Waals surface area contributed by atoms with Crippen molar-refractivity contribution in [3.63, 3.8) is 0 Å². The maximum atomic E-state index is 12.5. The van der Waals surface area contributed by atoms with Crippen molar-refractivity contribution in [2.45, 2.75) is 19.0 Å². The van der Waals surface area contributed by atoms with Crippen molar-refractivity contribution < 1.29 is 23.0 Å². The molecule has 2 aromatic carbocycles. The number of amides is 1. The summed E-state index contributed by atoms with van der Waals surface area (Å²) < 4.78 is 34.3. The van der Waals surface area contributed by atoms with Crippen LogP contribution in [-0.2, 0) is 4.79 Å². The number of halogens is 3. The van der Waals surface area contributed by atoms with Crippen molar-refractivity contribution in [1.29, 1.82) is 0 Å². The predicted molar refractivity (Wildman–Crippen MR) is 90.6 cm³/mol. The topological polar surface area (TPSA) is 47.6 Å². The lowest BCUT2D eigenvalue weighted by Crippen LogP contribution is -2.15. The molecule has 1 amide bonds. The highest BCUT2D eigenvalue weighted by atomic mass is 35.5. The molecule has 2 unspecified atom stereocenters. The van der Waals surface area contributed by atoms with Gasteiger partial charge < -0.3 is 14.8 Å². The molecule has 2 atom stereocenters. The molecule has 1 N–H and O–H groups in total. The average Bonchev–Trinajstić information content (AvgIpc) is 3.35. The van der Waals surface area contributed by atoms with Crippen LogP contribution in [0.15, 0.2) is 42.5 Å². The van der Waals surface area contributed by atoms with Crippen molar-refractivity contribution in [2.24, 2.45) is 5.92 Å². The number of nitrogens with one attached hydrogen (secondary N) is 1. The van der Waals surface area contributed by atoms with E-state index in [1.807, 2.05) is 18.2 Å². The minimum absolute atomic E-state index is 0.0729. The molecule has 0 radical (unpaired) electrons. The number of rotatable bonds is 6. The summed E-state index contributed by atoms with van der Waals surface area (Å²) >= 11 is 6.16. The molecule has 1 aliphatic carbocycles. The molecule has 3 rings (SSSR count). The summed E-state index contributed by atoms with van der Waals surface area (Å²) in [6, 6.07) is 11.8. The van der Waals surface area contributed by atoms with E-state index in [1.165, 1.54) is 19.2 Å². The first kappa shape index (κ1) is 17.5. The molecule has 4 nitrogen and oxygen atoms in total. The smallest absolute Gasteiger partial charge is 0.387 e. The Kier molecular flexibility index (Phi) is 5.08. The molecule has 7 heteroatoms. The van der Waals surface area contributed by atoms with E-state index in [-0.39, 0.29) is 29.2 Å². The Bertz CT molecular complexity index is 785. The Balaban J connectivity index is 1.69. The second-order valence-electron chi connectivity index (χ2n) is 5.70. The van der Waals surface area contributed by atoms with Gasteiger partial charge in [0.05, 0.1) is 7.11 Å². The predicted octanol–water partition coefficient (Wildman–Crippen LogP) is 4.69. The molecular formula is C18H16ClF2NO3. The van der Waals surface area contributed by atoms with Crippen LogP contribution in [0.25, 0.3) is 0 Å². The Morgan fingerprint density at radius 3 is 2.68 bits per heavy atom. The summed E-state index contributed by atoms with van der Waals surface area (Å²) in [4.78, 5) is 12.4. The second kappa shape index (κ2) is 7.27. The van der Waals surface area contributed by atoms with Crippen molar-refractivity contribution in [3.05, 3.63) is 53.1 Å². The Morgan fingerprint density at radius 1 is 1.24 bits per heavy atom. The zero-order chi connectivity index (χ0) is 18.0. The lowest BCUT2D eigenvalue weighted by Gasteiger charge is -2.12. The zero-order valence-corrected chi connectivity index (χ0v) is 14.1. The van der Waals surface area contributed by atoms with Crippen molar-refractivity contribution in [1.82, 2.24) is 0 Å². The summed E-state index contributed by atoms with van der Waals surface area (Å²) in [5.41, 5.74) is 1.31. The molecule has 0 spiro atoms. The quantitative estimate of drug-likeness (QED) is 0.805. The fourth-order valence-corrected chi connectivity index (χ4v) is 3.06. The summed E-state index contributed by atoms with van der Waals surface area (Å²) in [5, 5.41) is 3.36. The van der Waals surface area contributed by atoms with Crippen LogP contribution in [0.1, 0.15) is 17.9 Å². The van der Waals surface area contributed by atoms with Crippen LogP contribution in [0.2, 0.25) is 5.02 Å². The third-order valence-corrected chi connectivity index (χ3v) is 4.42. The largest absolute Gasteiger partial charge is 0.493 e. The highest BCUT2D eigenvalue weighted by molar-refractivity contribution is 6.31. The van der Waals surface area contributed by atoms with Gasteiger partial charge >= 0.3 is 6.61 Å². The molecule has 1 aliphatic rings. The number of alkyl halides is 2. The van der Waals surface area contributed by atoms with Crippen LogP contribution in [0.3, 0.4) is 0 Å². The number of ether oxygens (including phenoxy) is 2. The molecule has 1 saturated carbocycles. The molecule has 25 heavy (non-hydrogen) atoms. The number of carbonyl (C=O) groups excluding carboxylic acids is 1. The van der Waals surface area contributed by atoms with Gasteiger partial charge in [-0.1, -0.05) is 29.8 Å².